The fraction of sp³-hybridized carbons (Fsp3) is 0.483. The Morgan fingerprint density at radius 3 is 2.53 bits per heavy atom. The highest BCUT2D eigenvalue weighted by atomic mass is 19.1. The molecule has 4 heterocycles. The Kier molecular flexibility index (Phi) is 7.13. The van der Waals surface area contributed by atoms with E-state index in [4.69, 9.17) is 9.72 Å². The minimum absolute atomic E-state index is 0.128. The van der Waals surface area contributed by atoms with Crippen molar-refractivity contribution in [2.24, 2.45) is 18.4 Å². The van der Waals surface area contributed by atoms with Gasteiger partial charge in [-0.05, 0) is 65.6 Å². The molecule has 0 radical (unpaired) electrons. The SMILES string of the molecule is Cc1cc(F)c(NC(=O)N2CC[C@@H](C(C)(C)C)C2)cc1-c1cc(-c2cnn(C)c2)nc(N2CCOCC2)c1. The maximum Gasteiger partial charge on any atom is 0.321 e. The number of carbonyl (C=O) groups excluding carboxylic acids is 1. The van der Waals surface area contributed by atoms with Crippen LogP contribution in [0.25, 0.3) is 22.4 Å². The quantitative estimate of drug-likeness (QED) is 0.503. The van der Waals surface area contributed by atoms with Crippen LogP contribution in [0, 0.1) is 24.1 Å². The topological polar surface area (TPSA) is 75.5 Å². The fourth-order valence-corrected chi connectivity index (χ4v) is 5.25. The molecular formula is C29H37FN6O2. The molecule has 0 spiro atoms. The van der Waals surface area contributed by atoms with Gasteiger partial charge in [-0.1, -0.05) is 20.8 Å². The first kappa shape index (κ1) is 26.2. The van der Waals surface area contributed by atoms with Crippen LogP contribution in [0.2, 0.25) is 0 Å². The molecule has 2 aromatic heterocycles. The number of urea groups is 1. The smallest absolute Gasteiger partial charge is 0.321 e. The van der Waals surface area contributed by atoms with Gasteiger partial charge in [0.05, 0.1) is 30.8 Å². The van der Waals surface area contributed by atoms with Crippen molar-refractivity contribution >= 4 is 17.5 Å². The summed E-state index contributed by atoms with van der Waals surface area (Å²) in [6.45, 7) is 12.6. The van der Waals surface area contributed by atoms with Crippen molar-refractivity contribution in [3.63, 3.8) is 0 Å². The summed E-state index contributed by atoms with van der Waals surface area (Å²) in [5.41, 5.74) is 4.53. The number of nitrogens with one attached hydrogen (secondary N) is 1. The van der Waals surface area contributed by atoms with Crippen LogP contribution >= 0.6 is 0 Å². The van der Waals surface area contributed by atoms with E-state index < -0.39 is 5.82 Å². The lowest BCUT2D eigenvalue weighted by Crippen LogP contribution is -2.36. The molecular weight excluding hydrogens is 483 g/mol. The van der Waals surface area contributed by atoms with E-state index in [2.05, 4.69) is 36.1 Å². The molecule has 0 saturated carbocycles. The van der Waals surface area contributed by atoms with E-state index in [0.717, 1.165) is 53.3 Å². The zero-order valence-corrected chi connectivity index (χ0v) is 22.9. The molecule has 8 nitrogen and oxygen atoms in total. The van der Waals surface area contributed by atoms with Crippen LogP contribution in [0.3, 0.4) is 0 Å². The fourth-order valence-electron chi connectivity index (χ4n) is 5.25. The lowest BCUT2D eigenvalue weighted by molar-refractivity contribution is 0.122. The minimum Gasteiger partial charge on any atom is -0.378 e. The molecule has 0 aliphatic carbocycles. The summed E-state index contributed by atoms with van der Waals surface area (Å²) in [6, 6.07) is 7.01. The highest BCUT2D eigenvalue weighted by Crippen LogP contribution is 2.36. The summed E-state index contributed by atoms with van der Waals surface area (Å²) < 4.78 is 22.4. The van der Waals surface area contributed by atoms with E-state index in [0.29, 0.717) is 32.2 Å². The Bertz CT molecular complexity index is 1330. The number of amides is 2. The van der Waals surface area contributed by atoms with Gasteiger partial charge in [-0.3, -0.25) is 4.68 Å². The minimum atomic E-state index is -0.443. The largest absolute Gasteiger partial charge is 0.378 e. The number of hydrogen-bond donors (Lipinski definition) is 1. The second-order valence-corrected chi connectivity index (χ2v) is 11.5. The average molecular weight is 521 g/mol. The molecule has 2 fully saturated rings. The highest BCUT2D eigenvalue weighted by molar-refractivity contribution is 5.91. The number of benzene rings is 1. The Labute approximate surface area is 223 Å². The lowest BCUT2D eigenvalue weighted by atomic mass is 9.80. The first-order valence-electron chi connectivity index (χ1n) is 13.3. The third kappa shape index (κ3) is 5.53. The molecule has 0 unspecified atom stereocenters. The van der Waals surface area contributed by atoms with E-state index in [9.17, 15) is 4.79 Å². The summed E-state index contributed by atoms with van der Waals surface area (Å²) in [7, 11) is 1.87. The van der Waals surface area contributed by atoms with Gasteiger partial charge in [0.25, 0.3) is 0 Å². The molecule has 2 saturated heterocycles. The number of rotatable bonds is 4. The molecule has 2 amide bonds. The number of morpholine rings is 1. The maximum atomic E-state index is 15.1. The number of aromatic nitrogens is 3. The molecule has 3 aromatic rings. The molecule has 1 aromatic carbocycles. The molecule has 1 atom stereocenters. The van der Waals surface area contributed by atoms with Crippen LogP contribution < -0.4 is 10.2 Å². The van der Waals surface area contributed by atoms with E-state index in [1.807, 2.05) is 32.3 Å². The maximum absolute atomic E-state index is 15.1. The van der Waals surface area contributed by atoms with Crippen LogP contribution in [0.15, 0.2) is 36.7 Å². The first-order chi connectivity index (χ1) is 18.1. The van der Waals surface area contributed by atoms with Gasteiger partial charge in [0.15, 0.2) is 0 Å². The highest BCUT2D eigenvalue weighted by Gasteiger charge is 2.34. The summed E-state index contributed by atoms with van der Waals surface area (Å²) >= 11 is 0. The van der Waals surface area contributed by atoms with Crippen molar-refractivity contribution in [3.05, 3.63) is 48.0 Å². The van der Waals surface area contributed by atoms with Gasteiger partial charge in [-0.25, -0.2) is 14.2 Å². The van der Waals surface area contributed by atoms with Gasteiger partial charge < -0.3 is 19.9 Å². The Balaban J connectivity index is 1.48. The van der Waals surface area contributed by atoms with E-state index in [-0.39, 0.29) is 17.1 Å². The molecule has 38 heavy (non-hydrogen) atoms. The van der Waals surface area contributed by atoms with Gasteiger partial charge in [0.2, 0.25) is 0 Å². The number of halogens is 1. The van der Waals surface area contributed by atoms with Gasteiger partial charge >= 0.3 is 6.03 Å². The summed E-state index contributed by atoms with van der Waals surface area (Å²) in [6.07, 6.45) is 4.68. The third-order valence-electron chi connectivity index (χ3n) is 7.71. The summed E-state index contributed by atoms with van der Waals surface area (Å²) in [5, 5.41) is 7.16. The van der Waals surface area contributed by atoms with Crippen molar-refractivity contribution in [3.8, 4) is 22.4 Å². The Hall–Kier alpha value is -3.46. The zero-order valence-electron chi connectivity index (χ0n) is 22.9. The van der Waals surface area contributed by atoms with Crippen LogP contribution in [-0.4, -0.2) is 65.1 Å². The third-order valence-corrected chi connectivity index (χ3v) is 7.71. The number of likely N-dealkylation sites (tertiary alicyclic amines) is 1. The van der Waals surface area contributed by atoms with Crippen LogP contribution in [0.1, 0.15) is 32.8 Å². The van der Waals surface area contributed by atoms with Crippen molar-refractivity contribution < 1.29 is 13.9 Å². The number of nitrogens with zero attached hydrogens (tertiary/aromatic N) is 5. The number of carbonyl (C=O) groups is 1. The van der Waals surface area contributed by atoms with E-state index in [1.165, 1.54) is 6.07 Å². The average Bonchev–Trinajstić information content (AvgIpc) is 3.56. The number of anilines is 2. The Morgan fingerprint density at radius 2 is 1.87 bits per heavy atom. The second kappa shape index (κ2) is 10.4. The predicted octanol–water partition coefficient (Wildman–Crippen LogP) is 5.33. The van der Waals surface area contributed by atoms with Crippen LogP contribution in [0.4, 0.5) is 20.7 Å². The molecule has 1 N–H and O–H groups in total. The van der Waals surface area contributed by atoms with Gasteiger partial charge in [-0.2, -0.15) is 5.10 Å². The van der Waals surface area contributed by atoms with E-state index >= 15 is 4.39 Å². The van der Waals surface area contributed by atoms with Gasteiger partial charge in [0, 0.05) is 45.0 Å². The predicted molar refractivity (Wildman–Crippen MR) is 148 cm³/mol. The molecule has 0 bridgehead atoms. The molecule has 2 aliphatic heterocycles. The van der Waals surface area contributed by atoms with E-state index in [1.54, 1.807) is 21.8 Å². The monoisotopic (exact) mass is 520 g/mol. The summed E-state index contributed by atoms with van der Waals surface area (Å²) in [5.74, 6) is 0.818. The van der Waals surface area contributed by atoms with Crippen molar-refractivity contribution in [1.29, 1.82) is 0 Å². The van der Waals surface area contributed by atoms with Crippen LogP contribution in [-0.2, 0) is 11.8 Å². The standard InChI is InChI=1S/C29H37FN6O2/c1-19-12-24(30)26(33-28(37)36-7-6-22(18-36)29(2,3)4)15-23(19)20-13-25(21-16-31-34(5)17-21)32-27(14-20)35-8-10-38-11-9-35/h12-17,22H,6-11,18H2,1-5H3,(H,33,37)/t22-/m1/s1. The number of aryl methyl sites for hydroxylation is 2. The molecule has 202 valence electrons. The molecule has 5 rings (SSSR count). The normalized spacial score (nSPS) is 18.2. The second-order valence-electron chi connectivity index (χ2n) is 11.5. The van der Waals surface area contributed by atoms with Crippen molar-refractivity contribution in [2.45, 2.75) is 34.1 Å². The van der Waals surface area contributed by atoms with Gasteiger partial charge in [0.1, 0.15) is 11.6 Å². The summed E-state index contributed by atoms with van der Waals surface area (Å²) in [4.78, 5) is 22.0. The van der Waals surface area contributed by atoms with Crippen LogP contribution in [0.5, 0.6) is 0 Å². The molecule has 2 aliphatic rings. The zero-order chi connectivity index (χ0) is 27.0. The number of pyridine rings is 1. The first-order valence-corrected chi connectivity index (χ1v) is 13.3. The van der Waals surface area contributed by atoms with Crippen molar-refractivity contribution in [2.75, 3.05) is 49.6 Å². The molecule has 9 heteroatoms. The number of ether oxygens (including phenoxy) is 1. The van der Waals surface area contributed by atoms with Crippen molar-refractivity contribution in [1.82, 2.24) is 19.7 Å². The van der Waals surface area contributed by atoms with Gasteiger partial charge in [-0.15, -0.1) is 0 Å². The lowest BCUT2D eigenvalue weighted by Gasteiger charge is -2.28. The Morgan fingerprint density at radius 1 is 1.11 bits per heavy atom. The number of hydrogen-bond acceptors (Lipinski definition) is 5.